The Kier molecular flexibility index (Phi) is 1.13. The molecule has 0 aromatic carbocycles. The lowest BCUT2D eigenvalue weighted by molar-refractivity contribution is -0.558. The van der Waals surface area contributed by atoms with E-state index < -0.39 is 0 Å². The third-order valence-corrected chi connectivity index (χ3v) is 1.35. The average molecular weight is 138 g/mol. The van der Waals surface area contributed by atoms with Crippen molar-refractivity contribution in [3.05, 3.63) is 12.7 Å². The second-order valence-electron chi connectivity index (χ2n) is 2.04. The summed E-state index contributed by atoms with van der Waals surface area (Å²) < 4.78 is 1.81. The van der Waals surface area contributed by atoms with Crippen molar-refractivity contribution in [1.29, 1.82) is 0 Å². The molecular weight excluding hydrogens is 130 g/mol. The lowest BCUT2D eigenvalue weighted by atomic mass is 10.7. The van der Waals surface area contributed by atoms with Gasteiger partial charge < -0.3 is 5.32 Å². The van der Waals surface area contributed by atoms with Crippen LogP contribution in [-0.4, -0.2) is 29.2 Å². The highest BCUT2D eigenvalue weighted by Gasteiger charge is 2.12. The number of aromatic amines is 1. The zero-order valence-corrected chi connectivity index (χ0v) is 5.41. The van der Waals surface area contributed by atoms with Gasteiger partial charge >= 0.3 is 5.96 Å². The summed E-state index contributed by atoms with van der Waals surface area (Å²) >= 11 is 0. The summed E-state index contributed by atoms with van der Waals surface area (Å²) in [5.41, 5.74) is 0. The maximum absolute atomic E-state index is 4.19. The van der Waals surface area contributed by atoms with Gasteiger partial charge in [0.15, 0.2) is 6.33 Å². The zero-order chi connectivity index (χ0) is 6.81. The first kappa shape index (κ1) is 5.40. The monoisotopic (exact) mass is 138 g/mol. The minimum Gasteiger partial charge on any atom is -0.304 e. The van der Waals surface area contributed by atoms with Gasteiger partial charge in [-0.15, -0.1) is 0 Å². The maximum atomic E-state index is 4.19. The highest BCUT2D eigenvalue weighted by molar-refractivity contribution is 5.71. The number of nitrogens with one attached hydrogen (secondary N) is 2. The van der Waals surface area contributed by atoms with E-state index in [1.54, 1.807) is 12.7 Å². The highest BCUT2D eigenvalue weighted by atomic mass is 15.3. The number of aromatic nitrogens is 3. The molecule has 0 spiro atoms. The molecule has 2 heterocycles. The van der Waals surface area contributed by atoms with Crippen molar-refractivity contribution in [1.82, 2.24) is 15.5 Å². The predicted molar refractivity (Wildman–Crippen MR) is 34.5 cm³/mol. The average Bonchev–Trinajstić information content (AvgIpc) is 2.59. The van der Waals surface area contributed by atoms with Crippen molar-refractivity contribution in [2.75, 3.05) is 13.1 Å². The summed E-state index contributed by atoms with van der Waals surface area (Å²) in [6.07, 6.45) is 3.42. The second kappa shape index (κ2) is 2.09. The van der Waals surface area contributed by atoms with Crippen molar-refractivity contribution < 1.29 is 4.57 Å². The van der Waals surface area contributed by atoms with Gasteiger partial charge in [-0.25, -0.2) is 0 Å². The molecule has 5 heteroatoms. The molecule has 0 amide bonds. The fraction of sp³-hybridized carbons (Fsp3) is 0.400. The summed E-state index contributed by atoms with van der Waals surface area (Å²) in [7, 11) is 0. The Labute approximate surface area is 57.8 Å². The van der Waals surface area contributed by atoms with Crippen LogP contribution in [0.5, 0.6) is 0 Å². The number of aliphatic imine (C=N–C) groups is 1. The first-order chi connectivity index (χ1) is 4.97. The molecule has 5 nitrogen and oxygen atoms in total. The molecule has 0 atom stereocenters. The predicted octanol–water partition coefficient (Wildman–Crippen LogP) is -1.50. The zero-order valence-electron chi connectivity index (χ0n) is 5.41. The molecule has 1 aliphatic heterocycles. The molecule has 52 valence electrons. The third-order valence-electron chi connectivity index (χ3n) is 1.35. The standard InChI is InChI=1S/C5H7N5/c1-2-7-5(6-1)10-3-8-9-4-10/h3-4H,1-2H2,(H,6,7)/p+1. The SMILES string of the molecule is c1n[nH]c[n+]1C1=NCCN1. The molecule has 1 aromatic heterocycles. The Bertz CT molecular complexity index is 237. The number of nitrogens with zero attached hydrogens (tertiary/aromatic N) is 3. The highest BCUT2D eigenvalue weighted by Crippen LogP contribution is 1.79. The van der Waals surface area contributed by atoms with Gasteiger partial charge in [-0.3, -0.25) is 0 Å². The van der Waals surface area contributed by atoms with Gasteiger partial charge in [0, 0.05) is 0 Å². The molecule has 1 aliphatic rings. The van der Waals surface area contributed by atoms with Gasteiger partial charge in [-0.2, -0.15) is 14.7 Å². The lowest BCUT2D eigenvalue weighted by Gasteiger charge is -1.90. The molecule has 0 saturated carbocycles. The summed E-state index contributed by atoms with van der Waals surface area (Å²) in [6, 6.07) is 0. The molecule has 0 fully saturated rings. The molecule has 0 radical (unpaired) electrons. The minimum atomic E-state index is 0.855. The molecule has 10 heavy (non-hydrogen) atoms. The van der Waals surface area contributed by atoms with Crippen LogP contribution in [0.3, 0.4) is 0 Å². The molecule has 0 aliphatic carbocycles. The van der Waals surface area contributed by atoms with E-state index in [-0.39, 0.29) is 0 Å². The summed E-state index contributed by atoms with van der Waals surface area (Å²) in [4.78, 5) is 4.19. The minimum absolute atomic E-state index is 0.855. The van der Waals surface area contributed by atoms with E-state index in [1.807, 2.05) is 4.57 Å². The van der Waals surface area contributed by atoms with Gasteiger partial charge in [-0.1, -0.05) is 0 Å². The molecule has 2 rings (SSSR count). The smallest absolute Gasteiger partial charge is 0.304 e. The topological polar surface area (TPSA) is 57.0 Å². The van der Waals surface area contributed by atoms with Crippen molar-refractivity contribution in [3.8, 4) is 0 Å². The number of hydrogen-bond donors (Lipinski definition) is 2. The molecular formula is C5H8N5+. The van der Waals surface area contributed by atoms with Gasteiger partial charge in [-0.05, 0) is 5.10 Å². The normalized spacial score (nSPS) is 16.6. The summed E-state index contributed by atoms with van der Waals surface area (Å²) in [5.74, 6) is 0.869. The van der Waals surface area contributed by atoms with Crippen LogP contribution in [0.2, 0.25) is 0 Å². The van der Waals surface area contributed by atoms with Gasteiger partial charge in [0.25, 0.3) is 0 Å². The number of H-pyrrole nitrogens is 1. The van der Waals surface area contributed by atoms with Crippen molar-refractivity contribution in [2.24, 2.45) is 4.99 Å². The van der Waals surface area contributed by atoms with Crippen LogP contribution in [-0.2, 0) is 0 Å². The fourth-order valence-corrected chi connectivity index (χ4v) is 0.899. The first-order valence-corrected chi connectivity index (χ1v) is 3.15. The number of hydrogen-bond acceptors (Lipinski definition) is 3. The van der Waals surface area contributed by atoms with Gasteiger partial charge in [0.05, 0.1) is 6.54 Å². The van der Waals surface area contributed by atoms with Crippen LogP contribution in [0.4, 0.5) is 0 Å². The Hall–Kier alpha value is -1.39. The van der Waals surface area contributed by atoms with Crippen LogP contribution in [0.15, 0.2) is 17.6 Å². The molecule has 0 unspecified atom stereocenters. The van der Waals surface area contributed by atoms with Crippen molar-refractivity contribution in [2.45, 2.75) is 0 Å². The van der Waals surface area contributed by atoms with Crippen LogP contribution in [0.1, 0.15) is 0 Å². The van der Waals surface area contributed by atoms with Crippen LogP contribution in [0.25, 0.3) is 0 Å². The Morgan fingerprint density at radius 3 is 3.20 bits per heavy atom. The first-order valence-electron chi connectivity index (χ1n) is 3.15. The van der Waals surface area contributed by atoms with Crippen LogP contribution < -0.4 is 9.88 Å². The fourth-order valence-electron chi connectivity index (χ4n) is 0.899. The van der Waals surface area contributed by atoms with Crippen molar-refractivity contribution in [3.63, 3.8) is 0 Å². The van der Waals surface area contributed by atoms with E-state index in [9.17, 15) is 0 Å². The van der Waals surface area contributed by atoms with E-state index in [2.05, 4.69) is 20.5 Å². The lowest BCUT2D eigenvalue weighted by Crippen LogP contribution is -2.47. The molecule has 0 saturated heterocycles. The Morgan fingerprint density at radius 1 is 1.60 bits per heavy atom. The molecule has 0 bridgehead atoms. The van der Waals surface area contributed by atoms with Crippen LogP contribution >= 0.6 is 0 Å². The van der Waals surface area contributed by atoms with Gasteiger partial charge in [0.1, 0.15) is 6.54 Å². The van der Waals surface area contributed by atoms with Crippen LogP contribution in [0, 0.1) is 0 Å². The van der Waals surface area contributed by atoms with E-state index in [0.717, 1.165) is 19.0 Å². The number of rotatable bonds is 0. The quantitative estimate of drug-likeness (QED) is 0.429. The van der Waals surface area contributed by atoms with E-state index >= 15 is 0 Å². The Balaban J connectivity index is 2.28. The van der Waals surface area contributed by atoms with E-state index in [0.29, 0.717) is 0 Å². The molecule has 1 aromatic rings. The largest absolute Gasteiger partial charge is 0.320 e. The van der Waals surface area contributed by atoms with Crippen molar-refractivity contribution >= 4 is 5.96 Å². The maximum Gasteiger partial charge on any atom is 0.320 e. The summed E-state index contributed by atoms with van der Waals surface area (Å²) in [6.45, 7) is 1.78. The Morgan fingerprint density at radius 2 is 2.60 bits per heavy atom. The van der Waals surface area contributed by atoms with E-state index in [1.165, 1.54) is 0 Å². The molecule has 2 N–H and O–H groups in total. The van der Waals surface area contributed by atoms with Gasteiger partial charge in [0.2, 0.25) is 6.33 Å². The summed E-state index contributed by atoms with van der Waals surface area (Å²) in [5, 5.41) is 9.59. The van der Waals surface area contributed by atoms with E-state index in [4.69, 9.17) is 0 Å². The second-order valence-corrected chi connectivity index (χ2v) is 2.04. The third kappa shape index (κ3) is 0.754.